The standard InChI is InChI=1S/C18H22OS/c1-15(13-17-9-5-3-6-10-17)20(19)16(2)14-18-11-7-4-8-12-18/h3-12,15-16H,13-14H2,1-2H3. The molecule has 0 spiro atoms. The molecular weight excluding hydrogens is 264 g/mol. The average molecular weight is 286 g/mol. The largest absolute Gasteiger partial charge is 0.616 e. The molecule has 1 nitrogen and oxygen atoms in total. The van der Waals surface area contributed by atoms with Gasteiger partial charge in [-0.25, -0.2) is 0 Å². The van der Waals surface area contributed by atoms with Gasteiger partial charge in [-0.3, -0.25) is 0 Å². The van der Waals surface area contributed by atoms with Crippen LogP contribution >= 0.6 is 0 Å². The number of hydrogen-bond acceptors (Lipinski definition) is 1. The van der Waals surface area contributed by atoms with Crippen molar-refractivity contribution in [3.8, 4) is 0 Å². The Morgan fingerprint density at radius 1 is 0.750 bits per heavy atom. The summed E-state index contributed by atoms with van der Waals surface area (Å²) in [4.78, 5) is 0. The molecule has 0 aliphatic rings. The summed E-state index contributed by atoms with van der Waals surface area (Å²) in [6, 6.07) is 20.6. The minimum absolute atomic E-state index is 0.191. The van der Waals surface area contributed by atoms with Crippen molar-refractivity contribution in [1.29, 1.82) is 0 Å². The molecule has 2 rings (SSSR count). The second kappa shape index (κ2) is 7.51. The van der Waals surface area contributed by atoms with Gasteiger partial charge in [0, 0.05) is 12.8 Å². The molecule has 2 aromatic carbocycles. The van der Waals surface area contributed by atoms with Gasteiger partial charge in [0.2, 0.25) is 0 Å². The van der Waals surface area contributed by atoms with Crippen molar-refractivity contribution in [3.05, 3.63) is 71.8 Å². The van der Waals surface area contributed by atoms with Gasteiger partial charge < -0.3 is 4.55 Å². The third kappa shape index (κ3) is 4.39. The van der Waals surface area contributed by atoms with Crippen LogP contribution in [0.4, 0.5) is 0 Å². The summed E-state index contributed by atoms with van der Waals surface area (Å²) in [5, 5.41) is 0.382. The topological polar surface area (TPSA) is 23.1 Å². The fourth-order valence-electron chi connectivity index (χ4n) is 2.45. The van der Waals surface area contributed by atoms with Crippen molar-refractivity contribution < 1.29 is 4.55 Å². The van der Waals surface area contributed by atoms with E-state index >= 15 is 0 Å². The van der Waals surface area contributed by atoms with Crippen molar-refractivity contribution in [1.82, 2.24) is 0 Å². The molecule has 0 N–H and O–H groups in total. The van der Waals surface area contributed by atoms with Crippen molar-refractivity contribution in [2.75, 3.05) is 0 Å². The molecule has 20 heavy (non-hydrogen) atoms. The molecule has 0 fully saturated rings. The van der Waals surface area contributed by atoms with Gasteiger partial charge in [0.25, 0.3) is 0 Å². The fraction of sp³-hybridized carbons (Fsp3) is 0.333. The van der Waals surface area contributed by atoms with Gasteiger partial charge >= 0.3 is 0 Å². The molecule has 0 aliphatic heterocycles. The molecule has 2 aromatic rings. The van der Waals surface area contributed by atoms with Crippen molar-refractivity contribution in [2.45, 2.75) is 37.2 Å². The van der Waals surface area contributed by atoms with Crippen LogP contribution in [0.5, 0.6) is 0 Å². The molecule has 0 heterocycles. The van der Waals surface area contributed by atoms with Crippen LogP contribution in [0.1, 0.15) is 25.0 Å². The van der Waals surface area contributed by atoms with E-state index in [2.05, 4.69) is 38.1 Å². The van der Waals surface area contributed by atoms with E-state index in [1.54, 1.807) is 0 Å². The van der Waals surface area contributed by atoms with Gasteiger partial charge in [-0.1, -0.05) is 60.7 Å². The molecule has 0 aliphatic carbocycles. The van der Waals surface area contributed by atoms with Gasteiger partial charge in [0.1, 0.15) is 10.5 Å². The Kier molecular flexibility index (Phi) is 5.69. The molecule has 0 saturated carbocycles. The normalized spacial score (nSPS) is 15.6. The highest BCUT2D eigenvalue weighted by Gasteiger charge is 2.24. The van der Waals surface area contributed by atoms with E-state index < -0.39 is 11.2 Å². The van der Waals surface area contributed by atoms with Gasteiger partial charge in [0.15, 0.2) is 0 Å². The van der Waals surface area contributed by atoms with E-state index in [1.807, 2.05) is 36.4 Å². The summed E-state index contributed by atoms with van der Waals surface area (Å²) in [5.41, 5.74) is 2.53. The quantitative estimate of drug-likeness (QED) is 0.736. The third-order valence-corrected chi connectivity index (χ3v) is 5.44. The molecule has 0 bridgehead atoms. The van der Waals surface area contributed by atoms with E-state index in [1.165, 1.54) is 11.1 Å². The van der Waals surface area contributed by atoms with Gasteiger partial charge in [-0.2, -0.15) is 0 Å². The van der Waals surface area contributed by atoms with Crippen LogP contribution in [-0.4, -0.2) is 15.1 Å². The maximum absolute atomic E-state index is 12.6. The number of benzene rings is 2. The average Bonchev–Trinajstić information content (AvgIpc) is 2.48. The Labute approximate surface area is 125 Å². The lowest BCUT2D eigenvalue weighted by Crippen LogP contribution is -2.31. The van der Waals surface area contributed by atoms with Gasteiger partial charge in [-0.15, -0.1) is 0 Å². The van der Waals surface area contributed by atoms with Crippen LogP contribution in [0.3, 0.4) is 0 Å². The van der Waals surface area contributed by atoms with Crippen LogP contribution in [0.2, 0.25) is 0 Å². The predicted octanol–water partition coefficient (Wildman–Crippen LogP) is 4.00. The van der Waals surface area contributed by atoms with E-state index in [-0.39, 0.29) is 10.5 Å². The van der Waals surface area contributed by atoms with E-state index in [0.29, 0.717) is 0 Å². The zero-order chi connectivity index (χ0) is 14.4. The molecule has 2 unspecified atom stereocenters. The summed E-state index contributed by atoms with van der Waals surface area (Å²) in [5.74, 6) is 0. The van der Waals surface area contributed by atoms with Crippen LogP contribution in [0.15, 0.2) is 60.7 Å². The first-order valence-electron chi connectivity index (χ1n) is 7.14. The van der Waals surface area contributed by atoms with Crippen molar-refractivity contribution >= 4 is 11.2 Å². The Hall–Kier alpha value is -1.25. The highest BCUT2D eigenvalue weighted by molar-refractivity contribution is 7.92. The first-order chi connectivity index (χ1) is 9.66. The van der Waals surface area contributed by atoms with E-state index in [9.17, 15) is 4.55 Å². The van der Waals surface area contributed by atoms with E-state index in [0.717, 1.165) is 12.8 Å². The highest BCUT2D eigenvalue weighted by atomic mass is 32.2. The minimum Gasteiger partial charge on any atom is -0.616 e. The maximum atomic E-state index is 12.6. The van der Waals surface area contributed by atoms with Crippen LogP contribution in [0, 0.1) is 0 Å². The monoisotopic (exact) mass is 286 g/mol. The fourth-order valence-corrected chi connectivity index (χ4v) is 3.96. The summed E-state index contributed by atoms with van der Waals surface area (Å²) < 4.78 is 12.6. The number of hydrogen-bond donors (Lipinski definition) is 0. The zero-order valence-electron chi connectivity index (χ0n) is 12.2. The minimum atomic E-state index is -0.811. The molecule has 0 radical (unpaired) electrons. The van der Waals surface area contributed by atoms with Crippen LogP contribution in [-0.2, 0) is 24.0 Å². The maximum Gasteiger partial charge on any atom is 0.117 e. The summed E-state index contributed by atoms with van der Waals surface area (Å²) in [6.45, 7) is 4.18. The Morgan fingerprint density at radius 3 is 1.45 bits per heavy atom. The molecule has 2 atom stereocenters. The third-order valence-electron chi connectivity index (χ3n) is 3.53. The van der Waals surface area contributed by atoms with E-state index in [4.69, 9.17) is 0 Å². The Bertz CT molecular complexity index is 450. The first kappa shape index (κ1) is 15.1. The molecular formula is C18H22OS. The van der Waals surface area contributed by atoms with Crippen LogP contribution < -0.4 is 0 Å². The number of rotatable bonds is 6. The summed E-state index contributed by atoms with van der Waals surface area (Å²) in [7, 11) is 0. The highest BCUT2D eigenvalue weighted by Crippen LogP contribution is 2.18. The zero-order valence-corrected chi connectivity index (χ0v) is 13.0. The molecule has 2 heteroatoms. The molecule has 0 saturated heterocycles. The second-order valence-electron chi connectivity index (χ2n) is 5.33. The lowest BCUT2D eigenvalue weighted by atomic mass is 10.1. The van der Waals surface area contributed by atoms with Crippen molar-refractivity contribution in [2.24, 2.45) is 0 Å². The SMILES string of the molecule is CC(Cc1ccccc1)[S+]([O-])C(C)Cc1ccccc1. The van der Waals surface area contributed by atoms with Crippen LogP contribution in [0.25, 0.3) is 0 Å². The lowest BCUT2D eigenvalue weighted by Gasteiger charge is -2.24. The Balaban J connectivity index is 1.91. The Morgan fingerprint density at radius 2 is 1.10 bits per heavy atom. The summed E-state index contributed by atoms with van der Waals surface area (Å²) >= 11 is -0.811. The predicted molar refractivity (Wildman–Crippen MR) is 87.4 cm³/mol. The van der Waals surface area contributed by atoms with Gasteiger partial charge in [-0.05, 0) is 36.2 Å². The molecule has 0 aromatic heterocycles. The van der Waals surface area contributed by atoms with Crippen molar-refractivity contribution in [3.63, 3.8) is 0 Å². The molecule has 106 valence electrons. The first-order valence-corrected chi connectivity index (χ1v) is 8.41. The lowest BCUT2D eigenvalue weighted by molar-refractivity contribution is 0.568. The molecule has 0 amide bonds. The summed E-state index contributed by atoms with van der Waals surface area (Å²) in [6.07, 6.45) is 1.76. The van der Waals surface area contributed by atoms with Gasteiger partial charge in [0.05, 0.1) is 0 Å². The smallest absolute Gasteiger partial charge is 0.117 e. The second-order valence-corrected chi connectivity index (χ2v) is 7.60.